The maximum Gasteiger partial charge on any atom is 0.151 e. The van der Waals surface area contributed by atoms with Gasteiger partial charge in [0.1, 0.15) is 11.0 Å². The Balaban J connectivity index is 0.000000144. The minimum Gasteiger partial charge on any atom is -0.505 e. The van der Waals surface area contributed by atoms with Gasteiger partial charge in [-0.15, -0.1) is 0 Å². The number of benzene rings is 3. The molecule has 11 heteroatoms. The van der Waals surface area contributed by atoms with Crippen LogP contribution in [-0.2, 0) is 19.5 Å². The minimum absolute atomic E-state index is 0. The van der Waals surface area contributed by atoms with Crippen molar-refractivity contribution in [2.45, 2.75) is 0 Å². The van der Waals surface area contributed by atoms with Crippen LogP contribution in [0, 0.1) is 0 Å². The van der Waals surface area contributed by atoms with Crippen LogP contribution in [0.1, 0.15) is 0 Å². The van der Waals surface area contributed by atoms with Crippen LogP contribution >= 0.6 is 0 Å². The van der Waals surface area contributed by atoms with Crippen LogP contribution in [0.5, 0.6) is 11.5 Å². The normalized spacial score (nSPS) is 10.6. The zero-order chi connectivity index (χ0) is 35.3. The summed E-state index contributed by atoms with van der Waals surface area (Å²) >= 11 is 0. The van der Waals surface area contributed by atoms with Gasteiger partial charge in [0.05, 0.1) is 44.8 Å². The van der Waals surface area contributed by atoms with Gasteiger partial charge in [0.25, 0.3) is 0 Å². The van der Waals surface area contributed by atoms with E-state index in [0.717, 1.165) is 44.6 Å². The molecular weight excluding hydrogens is 750 g/mol. The van der Waals surface area contributed by atoms with Crippen LogP contribution in [0.15, 0.2) is 159 Å². The third kappa shape index (κ3) is 6.93. The zero-order valence-electron chi connectivity index (χ0n) is 27.8. The third-order valence-electron chi connectivity index (χ3n) is 8.32. The van der Waals surface area contributed by atoms with Crippen LogP contribution < -0.4 is 0 Å². The van der Waals surface area contributed by atoms with E-state index >= 15 is 0 Å². The Kier molecular flexibility index (Phi) is 10.2. The number of rotatable bonds is 2. The molecule has 0 aliphatic rings. The first-order valence-electron chi connectivity index (χ1n) is 16.4. The fourth-order valence-electron chi connectivity index (χ4n) is 5.92. The second kappa shape index (κ2) is 15.6. The molecular formula is C42H28N8O2Ru. The first-order chi connectivity index (χ1) is 25.7. The van der Waals surface area contributed by atoms with Gasteiger partial charge in [0, 0.05) is 78.2 Å². The van der Waals surface area contributed by atoms with E-state index in [-0.39, 0.29) is 42.0 Å². The summed E-state index contributed by atoms with van der Waals surface area (Å²) in [4.78, 5) is 35.2. The number of fused-ring (bicyclic) bond motifs is 8. The number of nitrogens with zero attached hydrogens (tertiary/aromatic N) is 8. The first-order valence-corrected chi connectivity index (χ1v) is 16.4. The van der Waals surface area contributed by atoms with Gasteiger partial charge in [-0.1, -0.05) is 48.5 Å². The van der Waals surface area contributed by atoms with E-state index in [1.165, 1.54) is 0 Å². The molecule has 0 fully saturated rings. The fourth-order valence-corrected chi connectivity index (χ4v) is 5.92. The first kappa shape index (κ1) is 34.6. The van der Waals surface area contributed by atoms with Crippen molar-refractivity contribution in [3.05, 3.63) is 159 Å². The number of aromatic nitrogens is 8. The number of pyridine rings is 6. The van der Waals surface area contributed by atoms with Crippen LogP contribution in [0.2, 0.25) is 0 Å². The second-order valence-corrected chi connectivity index (χ2v) is 11.5. The summed E-state index contributed by atoms with van der Waals surface area (Å²) in [5.74, 6) is 0.00208. The maximum atomic E-state index is 10.8. The molecule has 0 atom stereocenters. The summed E-state index contributed by atoms with van der Waals surface area (Å²) in [6.45, 7) is 0. The van der Waals surface area contributed by atoms with Crippen molar-refractivity contribution in [1.82, 2.24) is 39.9 Å². The molecule has 0 unspecified atom stereocenters. The van der Waals surface area contributed by atoms with Crippen molar-refractivity contribution < 1.29 is 29.7 Å². The molecule has 0 saturated heterocycles. The largest absolute Gasteiger partial charge is 0.505 e. The number of hydrogen-bond acceptors (Lipinski definition) is 10. The number of phenolic OH excluding ortho intramolecular Hbond substituents is 2. The monoisotopic (exact) mass is 778 g/mol. The molecule has 0 amide bonds. The zero-order valence-corrected chi connectivity index (χ0v) is 29.6. The molecule has 10 aromatic rings. The average molecular weight is 778 g/mol. The Labute approximate surface area is 315 Å². The molecule has 256 valence electrons. The van der Waals surface area contributed by atoms with Crippen LogP contribution in [-0.4, -0.2) is 50.1 Å². The summed E-state index contributed by atoms with van der Waals surface area (Å²) in [7, 11) is 0. The van der Waals surface area contributed by atoms with Crippen molar-refractivity contribution in [1.29, 1.82) is 0 Å². The molecule has 0 bridgehead atoms. The van der Waals surface area contributed by atoms with E-state index in [0.29, 0.717) is 21.8 Å². The minimum atomic E-state index is 0. The number of aromatic hydroxyl groups is 2. The SMILES string of the molecule is Oc1c2ccccc2c(O)c2nc3c4cccnc4c4ncccc4c3nc12.[Ru].c1ccc(-c2ccccn2)nc1.c1ccc(-c2ccccn2)nc1. The molecule has 3 aromatic carbocycles. The van der Waals surface area contributed by atoms with E-state index in [4.69, 9.17) is 9.97 Å². The summed E-state index contributed by atoms with van der Waals surface area (Å²) in [6, 6.07) is 37.8. The smallest absolute Gasteiger partial charge is 0.151 e. The molecule has 0 saturated carbocycles. The van der Waals surface area contributed by atoms with Crippen molar-refractivity contribution >= 4 is 54.6 Å². The predicted octanol–water partition coefficient (Wildman–Crippen LogP) is 8.73. The second-order valence-electron chi connectivity index (χ2n) is 11.5. The van der Waals surface area contributed by atoms with Crippen molar-refractivity contribution in [2.24, 2.45) is 0 Å². The van der Waals surface area contributed by atoms with Crippen LogP contribution in [0.25, 0.3) is 77.4 Å². The Morgan fingerprint density at radius 2 is 0.585 bits per heavy atom. The molecule has 0 aliphatic carbocycles. The van der Waals surface area contributed by atoms with E-state index < -0.39 is 0 Å². The standard InChI is InChI=1S/C22H12N4O2.2C10H8N2.Ru/c27-21-11-5-1-2-6-12(11)22(28)20-19(21)25-17-13-7-3-9-23-15(13)16-14(18(17)26-20)8-4-10-24-16;2*1-3-7-11-9(5-1)10-6-2-4-8-12-10;/h1-10,27-28H;2*1-8H;. The molecule has 10 rings (SSSR count). The summed E-state index contributed by atoms with van der Waals surface area (Å²) < 4.78 is 0. The third-order valence-corrected chi connectivity index (χ3v) is 8.32. The molecule has 53 heavy (non-hydrogen) atoms. The number of phenols is 2. The quantitative estimate of drug-likeness (QED) is 0.0757. The van der Waals surface area contributed by atoms with Crippen LogP contribution in [0.3, 0.4) is 0 Å². The maximum absolute atomic E-state index is 10.8. The van der Waals surface area contributed by atoms with E-state index in [9.17, 15) is 10.2 Å². The molecule has 7 heterocycles. The molecule has 10 nitrogen and oxygen atoms in total. The van der Waals surface area contributed by atoms with Gasteiger partial charge in [-0.3, -0.25) is 29.9 Å². The Morgan fingerprint density at radius 1 is 0.283 bits per heavy atom. The molecule has 2 N–H and O–H groups in total. The Morgan fingerprint density at radius 3 is 0.906 bits per heavy atom. The fraction of sp³-hybridized carbons (Fsp3) is 0. The van der Waals surface area contributed by atoms with E-state index in [2.05, 4.69) is 29.9 Å². The predicted molar refractivity (Wildman–Crippen MR) is 203 cm³/mol. The van der Waals surface area contributed by atoms with Gasteiger partial charge in [-0.25, -0.2) is 9.97 Å². The number of hydrogen-bond donors (Lipinski definition) is 2. The molecule has 0 spiro atoms. The summed E-state index contributed by atoms with van der Waals surface area (Å²) in [5, 5.41) is 24.3. The van der Waals surface area contributed by atoms with Crippen molar-refractivity contribution in [2.75, 3.05) is 0 Å². The average Bonchev–Trinajstić information content (AvgIpc) is 3.24. The van der Waals surface area contributed by atoms with Gasteiger partial charge < -0.3 is 10.2 Å². The molecule has 0 radical (unpaired) electrons. The molecule has 7 aromatic heterocycles. The van der Waals surface area contributed by atoms with Gasteiger partial charge in [-0.2, -0.15) is 0 Å². The van der Waals surface area contributed by atoms with E-state index in [1.807, 2.05) is 97.1 Å². The van der Waals surface area contributed by atoms with Crippen molar-refractivity contribution in [3.63, 3.8) is 0 Å². The summed E-state index contributed by atoms with van der Waals surface area (Å²) in [5.41, 5.74) is 6.86. The summed E-state index contributed by atoms with van der Waals surface area (Å²) in [6.07, 6.45) is 10.5. The van der Waals surface area contributed by atoms with Gasteiger partial charge in [-0.05, 0) is 72.8 Å². The Bertz CT molecular complexity index is 2550. The van der Waals surface area contributed by atoms with Crippen molar-refractivity contribution in [3.8, 4) is 34.3 Å². The van der Waals surface area contributed by atoms with Gasteiger partial charge >= 0.3 is 0 Å². The van der Waals surface area contributed by atoms with Gasteiger partial charge in [0.15, 0.2) is 11.5 Å². The van der Waals surface area contributed by atoms with Crippen LogP contribution in [0.4, 0.5) is 0 Å². The topological polar surface area (TPSA) is 144 Å². The Hall–Kier alpha value is -6.84. The molecule has 0 aliphatic heterocycles. The van der Waals surface area contributed by atoms with Gasteiger partial charge in [0.2, 0.25) is 0 Å². The van der Waals surface area contributed by atoms with E-state index in [1.54, 1.807) is 61.4 Å².